The molecule has 4 rings (SSSR count). The molecule has 2 N–H and O–H groups in total. The summed E-state index contributed by atoms with van der Waals surface area (Å²) in [4.78, 5) is 19.7. The third-order valence-electron chi connectivity index (χ3n) is 5.48. The van der Waals surface area contributed by atoms with Gasteiger partial charge in [-0.25, -0.2) is 4.39 Å². The molecule has 1 amide bonds. The molecule has 0 spiro atoms. The number of rotatable bonds is 4. The lowest BCUT2D eigenvalue weighted by atomic mass is 9.96. The SMILES string of the molecule is COc1cc(C(=O)N[C@@H]2CCN(C)[C@@H](C3=NC4CC=C=C=C4N3)C2)ccc1F. The van der Waals surface area contributed by atoms with E-state index >= 15 is 0 Å². The fourth-order valence-corrected chi connectivity index (χ4v) is 3.84. The highest BCUT2D eigenvalue weighted by Crippen LogP contribution is 2.24. The Morgan fingerprint density at radius 2 is 2.32 bits per heavy atom. The van der Waals surface area contributed by atoms with E-state index in [2.05, 4.69) is 34.0 Å². The number of likely N-dealkylation sites (N-methyl/N-ethyl adjacent to an activating group) is 1. The molecule has 1 unspecified atom stereocenters. The van der Waals surface area contributed by atoms with Crippen LogP contribution in [0.15, 0.2) is 46.4 Å². The van der Waals surface area contributed by atoms with Crippen LogP contribution < -0.4 is 15.4 Å². The molecular formula is C21H23FN4O2. The van der Waals surface area contributed by atoms with Crippen LogP contribution >= 0.6 is 0 Å². The topological polar surface area (TPSA) is 66.0 Å². The van der Waals surface area contributed by atoms with Crippen LogP contribution in [0.2, 0.25) is 0 Å². The predicted molar refractivity (Wildman–Crippen MR) is 104 cm³/mol. The zero-order valence-electron chi connectivity index (χ0n) is 16.0. The third-order valence-corrected chi connectivity index (χ3v) is 5.48. The summed E-state index contributed by atoms with van der Waals surface area (Å²) in [7, 11) is 3.46. The van der Waals surface area contributed by atoms with Crippen molar-refractivity contribution in [3.63, 3.8) is 0 Å². The van der Waals surface area contributed by atoms with Crippen molar-refractivity contribution in [1.29, 1.82) is 0 Å². The highest BCUT2D eigenvalue weighted by molar-refractivity contribution is 5.95. The molecule has 7 heteroatoms. The molecule has 0 saturated carbocycles. The molecule has 1 aromatic carbocycles. The van der Waals surface area contributed by atoms with Crippen molar-refractivity contribution in [3.05, 3.63) is 52.8 Å². The normalized spacial score (nSPS) is 26.2. The lowest BCUT2D eigenvalue weighted by Gasteiger charge is -2.37. The van der Waals surface area contributed by atoms with E-state index in [4.69, 9.17) is 9.73 Å². The van der Waals surface area contributed by atoms with Gasteiger partial charge in [-0.05, 0) is 49.9 Å². The molecule has 1 saturated heterocycles. The van der Waals surface area contributed by atoms with Gasteiger partial charge in [-0.2, -0.15) is 0 Å². The molecular weight excluding hydrogens is 359 g/mol. The molecule has 3 atom stereocenters. The van der Waals surface area contributed by atoms with E-state index in [1.807, 2.05) is 6.08 Å². The minimum atomic E-state index is -0.483. The van der Waals surface area contributed by atoms with Crippen LogP contribution in [0, 0.1) is 5.82 Å². The van der Waals surface area contributed by atoms with E-state index in [-0.39, 0.29) is 29.8 Å². The van der Waals surface area contributed by atoms with Gasteiger partial charge >= 0.3 is 0 Å². The molecule has 0 aromatic heterocycles. The number of fused-ring (bicyclic) bond motifs is 1. The summed E-state index contributed by atoms with van der Waals surface area (Å²) >= 11 is 0. The molecule has 28 heavy (non-hydrogen) atoms. The van der Waals surface area contributed by atoms with Gasteiger partial charge in [0.2, 0.25) is 0 Å². The van der Waals surface area contributed by atoms with Crippen LogP contribution in [-0.2, 0) is 0 Å². The summed E-state index contributed by atoms with van der Waals surface area (Å²) in [5, 5.41) is 6.46. The second kappa shape index (κ2) is 7.64. The second-order valence-corrected chi connectivity index (χ2v) is 7.32. The number of likely N-dealkylation sites (tertiary alicyclic amines) is 1. The van der Waals surface area contributed by atoms with E-state index in [0.29, 0.717) is 5.56 Å². The van der Waals surface area contributed by atoms with Crippen molar-refractivity contribution in [1.82, 2.24) is 15.5 Å². The first kappa shape index (κ1) is 18.5. The Labute approximate surface area is 163 Å². The molecule has 146 valence electrons. The number of benzene rings is 1. The Hall–Kier alpha value is -2.85. The molecule has 0 bridgehead atoms. The number of methoxy groups -OCH3 is 1. The Kier molecular flexibility index (Phi) is 5.05. The highest BCUT2D eigenvalue weighted by Gasteiger charge is 2.35. The molecule has 1 aromatic rings. The van der Waals surface area contributed by atoms with E-state index in [1.54, 1.807) is 0 Å². The number of aliphatic imine (C=N–C) groups is 1. The molecule has 6 nitrogen and oxygen atoms in total. The average Bonchev–Trinajstić information content (AvgIpc) is 3.13. The minimum Gasteiger partial charge on any atom is -0.494 e. The van der Waals surface area contributed by atoms with Gasteiger partial charge in [0.1, 0.15) is 11.9 Å². The number of nitrogens with one attached hydrogen (secondary N) is 2. The highest BCUT2D eigenvalue weighted by atomic mass is 19.1. The standard InChI is InChI=1S/C21H23FN4O2/c1-26-10-9-14(23-21(27)13-7-8-15(22)19(11-13)28-2)12-18(26)20-24-16-5-3-4-6-17(16)25-20/h3,7-8,11,14,16,18H,5,9-10,12H2,1-2H3,(H,23,27)(H,24,25)/t14-,16?,18-/m1/s1. The zero-order chi connectivity index (χ0) is 19.7. The van der Waals surface area contributed by atoms with Crippen molar-refractivity contribution in [2.75, 3.05) is 20.7 Å². The molecule has 3 aliphatic rings. The van der Waals surface area contributed by atoms with Gasteiger partial charge in [0.15, 0.2) is 11.6 Å². The van der Waals surface area contributed by atoms with E-state index in [9.17, 15) is 9.18 Å². The van der Waals surface area contributed by atoms with Crippen molar-refractivity contribution in [2.24, 2.45) is 4.99 Å². The maximum Gasteiger partial charge on any atom is 0.251 e. The maximum atomic E-state index is 13.6. The van der Waals surface area contributed by atoms with Gasteiger partial charge in [0, 0.05) is 24.6 Å². The lowest BCUT2D eigenvalue weighted by Crippen LogP contribution is -2.53. The number of carbonyl (C=O) groups is 1. The lowest BCUT2D eigenvalue weighted by molar-refractivity contribution is 0.0907. The first-order valence-electron chi connectivity index (χ1n) is 9.44. The summed E-state index contributed by atoms with van der Waals surface area (Å²) in [5.74, 6) is 0.282. The Morgan fingerprint density at radius 3 is 3.11 bits per heavy atom. The van der Waals surface area contributed by atoms with Crippen LogP contribution in [0.4, 0.5) is 4.39 Å². The van der Waals surface area contributed by atoms with Gasteiger partial charge in [0.05, 0.1) is 18.8 Å². The third kappa shape index (κ3) is 3.60. The molecule has 0 radical (unpaired) electrons. The molecule has 1 aliphatic carbocycles. The number of ether oxygens (including phenoxy) is 1. The summed E-state index contributed by atoms with van der Waals surface area (Å²) < 4.78 is 18.6. The quantitative estimate of drug-likeness (QED) is 0.782. The van der Waals surface area contributed by atoms with E-state index in [0.717, 1.165) is 37.3 Å². The van der Waals surface area contributed by atoms with Crippen molar-refractivity contribution in [3.8, 4) is 5.75 Å². The Balaban J connectivity index is 1.44. The number of amidine groups is 1. The van der Waals surface area contributed by atoms with Crippen LogP contribution in [0.5, 0.6) is 5.75 Å². The van der Waals surface area contributed by atoms with Gasteiger partial charge in [-0.15, -0.1) is 0 Å². The first-order chi connectivity index (χ1) is 13.5. The van der Waals surface area contributed by atoms with Gasteiger partial charge in [-0.3, -0.25) is 14.7 Å². The Bertz CT molecular complexity index is 928. The summed E-state index contributed by atoms with van der Waals surface area (Å²) in [6.45, 7) is 0.848. The number of nitrogens with zero attached hydrogens (tertiary/aromatic N) is 2. The average molecular weight is 382 g/mol. The van der Waals surface area contributed by atoms with Crippen LogP contribution in [0.1, 0.15) is 29.6 Å². The maximum absolute atomic E-state index is 13.6. The number of hydrogen-bond acceptors (Lipinski definition) is 5. The monoisotopic (exact) mass is 382 g/mol. The number of hydrogen-bond donors (Lipinski definition) is 2. The summed E-state index contributed by atoms with van der Waals surface area (Å²) in [6.07, 6.45) is 4.39. The van der Waals surface area contributed by atoms with Gasteiger partial charge in [-0.1, -0.05) is 5.73 Å². The number of amides is 1. The first-order valence-corrected chi connectivity index (χ1v) is 9.44. The largest absolute Gasteiger partial charge is 0.494 e. The van der Waals surface area contributed by atoms with E-state index < -0.39 is 5.82 Å². The summed E-state index contributed by atoms with van der Waals surface area (Å²) in [5.41, 5.74) is 7.46. The smallest absolute Gasteiger partial charge is 0.251 e. The van der Waals surface area contributed by atoms with Gasteiger partial charge < -0.3 is 15.4 Å². The van der Waals surface area contributed by atoms with Crippen molar-refractivity contribution >= 4 is 11.7 Å². The van der Waals surface area contributed by atoms with Crippen LogP contribution in [0.3, 0.4) is 0 Å². The number of piperidine rings is 1. The number of halogens is 1. The minimum absolute atomic E-state index is 0.0134. The molecule has 2 aliphatic heterocycles. The molecule has 1 fully saturated rings. The Morgan fingerprint density at radius 1 is 1.46 bits per heavy atom. The van der Waals surface area contributed by atoms with Gasteiger partial charge in [0.25, 0.3) is 5.91 Å². The van der Waals surface area contributed by atoms with Crippen molar-refractivity contribution < 1.29 is 13.9 Å². The second-order valence-electron chi connectivity index (χ2n) is 7.32. The van der Waals surface area contributed by atoms with E-state index in [1.165, 1.54) is 25.3 Å². The van der Waals surface area contributed by atoms with Crippen molar-refractivity contribution in [2.45, 2.75) is 37.4 Å². The molecule has 2 heterocycles. The zero-order valence-corrected chi connectivity index (χ0v) is 16.0. The fourth-order valence-electron chi connectivity index (χ4n) is 3.84. The predicted octanol–water partition coefficient (Wildman–Crippen LogP) is 1.99. The summed E-state index contributed by atoms with van der Waals surface area (Å²) in [6, 6.07) is 4.36. The van der Waals surface area contributed by atoms with Crippen LogP contribution in [0.25, 0.3) is 0 Å². The fraction of sp³-hybridized carbons (Fsp3) is 0.429. The number of carbonyl (C=O) groups excluding carboxylic acids is 1. The van der Waals surface area contributed by atoms with Crippen LogP contribution in [-0.4, -0.2) is 55.5 Å².